The lowest BCUT2D eigenvalue weighted by molar-refractivity contribution is -0.119. The number of phenols is 1. The van der Waals surface area contributed by atoms with Crippen LogP contribution in [0.3, 0.4) is 0 Å². The van der Waals surface area contributed by atoms with E-state index in [4.69, 9.17) is 4.42 Å². The van der Waals surface area contributed by atoms with E-state index in [1.54, 1.807) is 18.3 Å². The van der Waals surface area contributed by atoms with Crippen molar-refractivity contribution in [1.82, 2.24) is 10.3 Å². The van der Waals surface area contributed by atoms with Crippen molar-refractivity contribution in [3.63, 3.8) is 0 Å². The molecule has 5 nitrogen and oxygen atoms in total. The molecule has 5 heteroatoms. The van der Waals surface area contributed by atoms with Crippen molar-refractivity contribution in [2.24, 2.45) is 0 Å². The van der Waals surface area contributed by atoms with Crippen molar-refractivity contribution in [1.29, 1.82) is 0 Å². The molecule has 24 heavy (non-hydrogen) atoms. The SMILES string of the molecule is CC(=O)NC(C)c1cc2cnc(CCc3ccc(O)cc3)cc2o1. The number of aromatic hydroxyl groups is 1. The molecule has 0 saturated carbocycles. The third-order valence-corrected chi connectivity index (χ3v) is 3.93. The molecule has 3 aromatic rings. The smallest absolute Gasteiger partial charge is 0.217 e. The molecule has 3 rings (SSSR count). The minimum absolute atomic E-state index is 0.0873. The monoisotopic (exact) mass is 324 g/mol. The average molecular weight is 324 g/mol. The molecule has 0 saturated heterocycles. The van der Waals surface area contributed by atoms with Crippen molar-refractivity contribution in [3.8, 4) is 5.75 Å². The summed E-state index contributed by atoms with van der Waals surface area (Å²) < 4.78 is 5.85. The molecule has 2 N–H and O–H groups in total. The van der Waals surface area contributed by atoms with Crippen molar-refractivity contribution in [3.05, 3.63) is 59.6 Å². The van der Waals surface area contributed by atoms with Crippen LogP contribution in [-0.4, -0.2) is 16.0 Å². The van der Waals surface area contributed by atoms with Crippen LogP contribution in [0.25, 0.3) is 11.0 Å². The van der Waals surface area contributed by atoms with Crippen LogP contribution in [0.1, 0.15) is 36.9 Å². The maximum atomic E-state index is 11.2. The van der Waals surface area contributed by atoms with Crippen LogP contribution in [0.2, 0.25) is 0 Å². The highest BCUT2D eigenvalue weighted by Crippen LogP contribution is 2.24. The number of benzene rings is 1. The van der Waals surface area contributed by atoms with Gasteiger partial charge in [0, 0.05) is 30.3 Å². The van der Waals surface area contributed by atoms with Gasteiger partial charge in [-0.2, -0.15) is 0 Å². The first-order valence-electron chi connectivity index (χ1n) is 7.94. The number of rotatable bonds is 5. The molecule has 1 unspecified atom stereocenters. The summed E-state index contributed by atoms with van der Waals surface area (Å²) in [4.78, 5) is 15.6. The average Bonchev–Trinajstić information content (AvgIpc) is 2.97. The van der Waals surface area contributed by atoms with Gasteiger partial charge < -0.3 is 14.8 Å². The summed E-state index contributed by atoms with van der Waals surface area (Å²) in [6, 6.07) is 10.9. The molecule has 0 bridgehead atoms. The molecule has 0 fully saturated rings. The Morgan fingerprint density at radius 2 is 2.00 bits per heavy atom. The Morgan fingerprint density at radius 1 is 1.25 bits per heavy atom. The quantitative estimate of drug-likeness (QED) is 0.753. The van der Waals surface area contributed by atoms with Gasteiger partial charge in [-0.15, -0.1) is 0 Å². The molecule has 0 aliphatic carbocycles. The number of furan rings is 1. The Balaban J connectivity index is 1.73. The van der Waals surface area contributed by atoms with E-state index in [-0.39, 0.29) is 17.7 Å². The maximum absolute atomic E-state index is 11.2. The number of nitrogens with zero attached hydrogens (tertiary/aromatic N) is 1. The van der Waals surface area contributed by atoms with E-state index < -0.39 is 0 Å². The van der Waals surface area contributed by atoms with E-state index in [0.717, 1.165) is 40.8 Å². The number of nitrogens with one attached hydrogen (secondary N) is 1. The van der Waals surface area contributed by atoms with Gasteiger partial charge in [0.15, 0.2) is 0 Å². The van der Waals surface area contributed by atoms with E-state index in [0.29, 0.717) is 0 Å². The first kappa shape index (κ1) is 16.1. The number of hydrogen-bond donors (Lipinski definition) is 2. The summed E-state index contributed by atoms with van der Waals surface area (Å²) in [7, 11) is 0. The zero-order valence-corrected chi connectivity index (χ0v) is 13.7. The molecule has 1 atom stereocenters. The van der Waals surface area contributed by atoms with Gasteiger partial charge in [-0.05, 0) is 43.5 Å². The van der Waals surface area contributed by atoms with E-state index in [9.17, 15) is 9.90 Å². The number of carbonyl (C=O) groups excluding carboxylic acids is 1. The van der Waals surface area contributed by atoms with Crippen LogP contribution in [-0.2, 0) is 17.6 Å². The van der Waals surface area contributed by atoms with E-state index in [1.165, 1.54) is 6.92 Å². The highest BCUT2D eigenvalue weighted by atomic mass is 16.3. The Labute approximate surface area is 140 Å². The summed E-state index contributed by atoms with van der Waals surface area (Å²) in [6.45, 7) is 3.38. The van der Waals surface area contributed by atoms with E-state index >= 15 is 0 Å². The van der Waals surface area contributed by atoms with Crippen molar-refractivity contribution >= 4 is 16.9 Å². The van der Waals surface area contributed by atoms with E-state index in [2.05, 4.69) is 10.3 Å². The molecule has 0 aliphatic rings. The topological polar surface area (TPSA) is 75.4 Å². The number of aryl methyl sites for hydroxylation is 2. The maximum Gasteiger partial charge on any atom is 0.217 e. The molecule has 0 aliphatic heterocycles. The van der Waals surface area contributed by atoms with Gasteiger partial charge in [0.1, 0.15) is 17.1 Å². The van der Waals surface area contributed by atoms with Gasteiger partial charge in [0.25, 0.3) is 0 Å². The molecular formula is C19H20N2O3. The van der Waals surface area contributed by atoms with Crippen LogP contribution >= 0.6 is 0 Å². The molecule has 0 radical (unpaired) electrons. The van der Waals surface area contributed by atoms with Crippen molar-refractivity contribution in [2.75, 3.05) is 0 Å². The van der Waals surface area contributed by atoms with Crippen LogP contribution in [0, 0.1) is 0 Å². The summed E-state index contributed by atoms with van der Waals surface area (Å²) in [5.41, 5.74) is 2.87. The van der Waals surface area contributed by atoms with Gasteiger partial charge in [0.05, 0.1) is 6.04 Å². The number of hydrogen-bond acceptors (Lipinski definition) is 4. The Kier molecular flexibility index (Phi) is 4.51. The fourth-order valence-electron chi connectivity index (χ4n) is 2.66. The van der Waals surface area contributed by atoms with Crippen molar-refractivity contribution < 1.29 is 14.3 Å². The summed E-state index contributed by atoms with van der Waals surface area (Å²) >= 11 is 0. The van der Waals surface area contributed by atoms with Gasteiger partial charge in [-0.25, -0.2) is 0 Å². The summed E-state index contributed by atoms with van der Waals surface area (Å²) in [5.74, 6) is 0.906. The largest absolute Gasteiger partial charge is 0.508 e. The molecule has 1 aromatic carbocycles. The van der Waals surface area contributed by atoms with Gasteiger partial charge in [0.2, 0.25) is 5.91 Å². The second-order valence-electron chi connectivity index (χ2n) is 5.95. The second-order valence-corrected chi connectivity index (χ2v) is 5.95. The molecular weight excluding hydrogens is 304 g/mol. The van der Waals surface area contributed by atoms with Crippen LogP contribution < -0.4 is 5.32 Å². The van der Waals surface area contributed by atoms with Gasteiger partial charge in [-0.3, -0.25) is 9.78 Å². The highest BCUT2D eigenvalue weighted by molar-refractivity contribution is 5.78. The number of phenolic OH excluding ortho intramolecular Hbond substituents is 1. The standard InChI is InChI=1S/C19H20N2O3/c1-12(21-13(2)22)18-9-15-11-20-16(10-19(15)24-18)6-3-14-4-7-17(23)8-5-14/h4-5,7-12,23H,3,6H2,1-2H3,(H,21,22). The number of fused-ring (bicyclic) bond motifs is 1. The Hall–Kier alpha value is -2.82. The van der Waals surface area contributed by atoms with E-state index in [1.807, 2.05) is 31.2 Å². The second kappa shape index (κ2) is 6.74. The zero-order chi connectivity index (χ0) is 17.1. The molecule has 2 aromatic heterocycles. The zero-order valence-electron chi connectivity index (χ0n) is 13.7. The predicted octanol–water partition coefficient (Wildman–Crippen LogP) is 3.52. The minimum Gasteiger partial charge on any atom is -0.508 e. The normalized spacial score (nSPS) is 12.2. The lowest BCUT2D eigenvalue weighted by Gasteiger charge is -2.08. The molecule has 0 spiro atoms. The van der Waals surface area contributed by atoms with Crippen molar-refractivity contribution in [2.45, 2.75) is 32.7 Å². The first-order valence-corrected chi connectivity index (χ1v) is 7.94. The van der Waals surface area contributed by atoms with Crippen LogP contribution in [0.15, 0.2) is 47.0 Å². The number of amides is 1. The fraction of sp³-hybridized carbons (Fsp3) is 0.263. The van der Waals surface area contributed by atoms with Gasteiger partial charge in [-0.1, -0.05) is 12.1 Å². The van der Waals surface area contributed by atoms with Crippen LogP contribution in [0.4, 0.5) is 0 Å². The Bertz CT molecular complexity index is 853. The lowest BCUT2D eigenvalue weighted by atomic mass is 10.1. The predicted molar refractivity (Wildman–Crippen MR) is 91.8 cm³/mol. The van der Waals surface area contributed by atoms with Crippen LogP contribution in [0.5, 0.6) is 5.75 Å². The number of pyridine rings is 1. The number of carbonyl (C=O) groups is 1. The molecule has 1 amide bonds. The molecule has 2 heterocycles. The number of aromatic nitrogens is 1. The Morgan fingerprint density at radius 3 is 2.71 bits per heavy atom. The summed E-state index contributed by atoms with van der Waals surface area (Å²) in [5, 5.41) is 13.0. The third-order valence-electron chi connectivity index (χ3n) is 3.93. The third kappa shape index (κ3) is 3.74. The summed E-state index contributed by atoms with van der Waals surface area (Å²) in [6.07, 6.45) is 3.43. The fourth-order valence-corrected chi connectivity index (χ4v) is 2.66. The first-order chi connectivity index (χ1) is 11.5. The lowest BCUT2D eigenvalue weighted by Crippen LogP contribution is -2.23. The van der Waals surface area contributed by atoms with Gasteiger partial charge >= 0.3 is 0 Å². The molecule has 124 valence electrons. The minimum atomic E-state index is -0.171. The highest BCUT2D eigenvalue weighted by Gasteiger charge is 2.13.